The highest BCUT2D eigenvalue weighted by molar-refractivity contribution is 5.77. The number of nitrogens with zero attached hydrogens (tertiary/aromatic N) is 4. The third-order valence-electron chi connectivity index (χ3n) is 8.04. The molecule has 6 nitrogen and oxygen atoms in total. The molecule has 1 aliphatic carbocycles. The SMILES string of the molecule is CN(C)[C@@H]1CN(C2CCc3cccc(F)c32)C[C@H]1c1ccc(N2CCN(C(=O)CO)CC2)cc1. The average Bonchev–Trinajstić information content (AvgIpc) is 3.49. The van der Waals surface area contributed by atoms with Crippen molar-refractivity contribution in [3.05, 3.63) is 65.0 Å². The molecule has 182 valence electrons. The maximum absolute atomic E-state index is 14.7. The fraction of sp³-hybridized carbons (Fsp3) is 0.519. The van der Waals surface area contributed by atoms with Gasteiger partial charge in [0.1, 0.15) is 12.4 Å². The normalized spacial score (nSPS) is 25.3. The number of carbonyl (C=O) groups is 1. The molecule has 0 radical (unpaired) electrons. The first kappa shape index (κ1) is 23.3. The topological polar surface area (TPSA) is 50.3 Å². The van der Waals surface area contributed by atoms with Crippen LogP contribution in [0.4, 0.5) is 10.1 Å². The van der Waals surface area contributed by atoms with E-state index in [1.54, 1.807) is 11.0 Å². The molecule has 0 spiro atoms. The van der Waals surface area contributed by atoms with Gasteiger partial charge in [0, 0.05) is 68.5 Å². The van der Waals surface area contributed by atoms with Crippen molar-refractivity contribution in [3.63, 3.8) is 0 Å². The highest BCUT2D eigenvalue weighted by Crippen LogP contribution is 2.42. The van der Waals surface area contributed by atoms with E-state index >= 15 is 0 Å². The number of likely N-dealkylation sites (tertiary alicyclic amines) is 1. The molecule has 3 aliphatic rings. The lowest BCUT2D eigenvalue weighted by Gasteiger charge is -2.36. The summed E-state index contributed by atoms with van der Waals surface area (Å²) >= 11 is 0. The van der Waals surface area contributed by atoms with Crippen LogP contribution in [-0.4, -0.2) is 91.7 Å². The quantitative estimate of drug-likeness (QED) is 0.734. The van der Waals surface area contributed by atoms with Crippen molar-refractivity contribution in [3.8, 4) is 0 Å². The van der Waals surface area contributed by atoms with E-state index in [2.05, 4.69) is 59.1 Å². The average molecular weight is 467 g/mol. The molecule has 1 unspecified atom stereocenters. The number of aliphatic hydroxyl groups is 1. The molecular weight excluding hydrogens is 431 g/mol. The van der Waals surface area contributed by atoms with Crippen LogP contribution in [0.15, 0.2) is 42.5 Å². The van der Waals surface area contributed by atoms with Gasteiger partial charge in [0.2, 0.25) is 5.91 Å². The van der Waals surface area contributed by atoms with E-state index in [0.29, 0.717) is 25.0 Å². The fourth-order valence-corrected chi connectivity index (χ4v) is 6.14. The van der Waals surface area contributed by atoms with Gasteiger partial charge in [0.25, 0.3) is 0 Å². The number of hydrogen-bond donors (Lipinski definition) is 1. The molecule has 2 aliphatic heterocycles. The minimum Gasteiger partial charge on any atom is -0.387 e. The summed E-state index contributed by atoms with van der Waals surface area (Å²) in [7, 11) is 4.29. The molecule has 0 aromatic heterocycles. The van der Waals surface area contributed by atoms with Gasteiger partial charge in [-0.05, 0) is 56.3 Å². The van der Waals surface area contributed by atoms with Crippen LogP contribution in [0.1, 0.15) is 35.1 Å². The summed E-state index contributed by atoms with van der Waals surface area (Å²) in [6.45, 7) is 4.28. The molecule has 5 rings (SSSR count). The first-order valence-electron chi connectivity index (χ1n) is 12.4. The second-order valence-electron chi connectivity index (χ2n) is 10.1. The maximum atomic E-state index is 14.7. The first-order valence-corrected chi connectivity index (χ1v) is 12.4. The Balaban J connectivity index is 1.29. The van der Waals surface area contributed by atoms with Gasteiger partial charge in [0.05, 0.1) is 0 Å². The molecule has 1 amide bonds. The van der Waals surface area contributed by atoms with Crippen LogP contribution >= 0.6 is 0 Å². The lowest BCUT2D eigenvalue weighted by molar-refractivity contribution is -0.134. The van der Waals surface area contributed by atoms with Gasteiger partial charge in [0.15, 0.2) is 0 Å². The number of likely N-dealkylation sites (N-methyl/N-ethyl adjacent to an activating group) is 1. The predicted octanol–water partition coefficient (Wildman–Crippen LogP) is 2.48. The van der Waals surface area contributed by atoms with E-state index in [1.807, 2.05) is 6.07 Å². The molecule has 7 heteroatoms. The van der Waals surface area contributed by atoms with Gasteiger partial charge in [-0.2, -0.15) is 0 Å². The van der Waals surface area contributed by atoms with Crippen molar-refractivity contribution in [2.75, 3.05) is 64.9 Å². The molecule has 1 N–H and O–H groups in total. The molecule has 2 fully saturated rings. The summed E-state index contributed by atoms with van der Waals surface area (Å²) in [5.74, 6) is 0.120. The maximum Gasteiger partial charge on any atom is 0.248 e. The van der Waals surface area contributed by atoms with Gasteiger partial charge >= 0.3 is 0 Å². The number of aryl methyl sites for hydroxylation is 1. The third-order valence-corrected chi connectivity index (χ3v) is 8.04. The summed E-state index contributed by atoms with van der Waals surface area (Å²) in [4.78, 5) is 20.6. The van der Waals surface area contributed by atoms with Gasteiger partial charge in [-0.3, -0.25) is 9.69 Å². The second kappa shape index (κ2) is 9.64. The van der Waals surface area contributed by atoms with Crippen molar-refractivity contribution in [2.24, 2.45) is 0 Å². The largest absolute Gasteiger partial charge is 0.387 e. The molecular formula is C27H35FN4O2. The molecule has 0 bridgehead atoms. The molecule has 2 aromatic carbocycles. The smallest absolute Gasteiger partial charge is 0.248 e. The van der Waals surface area contributed by atoms with Crippen LogP contribution < -0.4 is 4.90 Å². The molecule has 2 aromatic rings. The van der Waals surface area contributed by atoms with Crippen LogP contribution in [0.25, 0.3) is 0 Å². The minimum atomic E-state index is -0.417. The fourth-order valence-electron chi connectivity index (χ4n) is 6.14. The Hall–Kier alpha value is -2.48. The Morgan fingerprint density at radius 3 is 2.47 bits per heavy atom. The Labute approximate surface area is 201 Å². The Kier molecular flexibility index (Phi) is 6.60. The van der Waals surface area contributed by atoms with Crippen LogP contribution in [0.3, 0.4) is 0 Å². The Morgan fingerprint density at radius 1 is 1.06 bits per heavy atom. The Bertz CT molecular complexity index is 1020. The summed E-state index contributed by atoms with van der Waals surface area (Å²) < 4.78 is 14.7. The number of amides is 1. The zero-order valence-corrected chi connectivity index (χ0v) is 20.2. The zero-order chi connectivity index (χ0) is 23.8. The molecule has 2 heterocycles. The van der Waals surface area contributed by atoms with Gasteiger partial charge in [-0.25, -0.2) is 4.39 Å². The van der Waals surface area contributed by atoms with E-state index in [4.69, 9.17) is 5.11 Å². The number of benzene rings is 2. The molecule has 34 heavy (non-hydrogen) atoms. The van der Waals surface area contributed by atoms with Crippen molar-refractivity contribution < 1.29 is 14.3 Å². The van der Waals surface area contributed by atoms with Crippen LogP contribution in [0.2, 0.25) is 0 Å². The van der Waals surface area contributed by atoms with Crippen LogP contribution in [-0.2, 0) is 11.2 Å². The van der Waals surface area contributed by atoms with Crippen molar-refractivity contribution in [1.29, 1.82) is 0 Å². The zero-order valence-electron chi connectivity index (χ0n) is 20.2. The van der Waals surface area contributed by atoms with Crippen molar-refractivity contribution in [2.45, 2.75) is 30.8 Å². The van der Waals surface area contributed by atoms with Gasteiger partial charge in [-0.15, -0.1) is 0 Å². The highest BCUT2D eigenvalue weighted by Gasteiger charge is 2.41. The lowest BCUT2D eigenvalue weighted by atomic mass is 9.93. The summed E-state index contributed by atoms with van der Waals surface area (Å²) in [5.41, 5.74) is 4.57. The molecule has 2 saturated heterocycles. The van der Waals surface area contributed by atoms with Gasteiger partial charge < -0.3 is 19.8 Å². The summed E-state index contributed by atoms with van der Waals surface area (Å²) in [6.07, 6.45) is 1.95. The van der Waals surface area contributed by atoms with Crippen LogP contribution in [0.5, 0.6) is 0 Å². The van der Waals surface area contributed by atoms with Crippen molar-refractivity contribution in [1.82, 2.24) is 14.7 Å². The number of hydrogen-bond acceptors (Lipinski definition) is 5. The Morgan fingerprint density at radius 2 is 1.79 bits per heavy atom. The van der Waals surface area contributed by atoms with E-state index < -0.39 is 6.61 Å². The number of halogens is 1. The minimum absolute atomic E-state index is 0.0602. The number of carbonyl (C=O) groups excluding carboxylic acids is 1. The highest BCUT2D eigenvalue weighted by atomic mass is 19.1. The standard InChI is InChI=1S/C27H35FN4O2/c1-29(2)25-17-32(24-11-8-20-4-3-5-23(28)27(20)24)16-22(25)19-6-9-21(10-7-19)30-12-14-31(15-13-30)26(34)18-33/h3-7,9-10,22,24-25,33H,8,11-18H2,1-2H3/t22-,24?,25+/m0/s1. The van der Waals surface area contributed by atoms with E-state index in [-0.39, 0.29) is 17.8 Å². The van der Waals surface area contributed by atoms with E-state index in [0.717, 1.165) is 44.6 Å². The number of anilines is 1. The lowest BCUT2D eigenvalue weighted by Crippen LogP contribution is -2.49. The molecule has 3 atom stereocenters. The monoisotopic (exact) mass is 466 g/mol. The number of aliphatic hydroxyl groups excluding tert-OH is 1. The van der Waals surface area contributed by atoms with Gasteiger partial charge in [-0.1, -0.05) is 24.3 Å². The number of fused-ring (bicyclic) bond motifs is 1. The van der Waals surface area contributed by atoms with Crippen molar-refractivity contribution >= 4 is 11.6 Å². The molecule has 0 saturated carbocycles. The second-order valence-corrected chi connectivity index (χ2v) is 10.1. The van der Waals surface area contributed by atoms with E-state index in [9.17, 15) is 9.18 Å². The first-order chi connectivity index (χ1) is 16.5. The summed E-state index contributed by atoms with van der Waals surface area (Å²) in [5, 5.41) is 9.08. The van der Waals surface area contributed by atoms with E-state index in [1.165, 1.54) is 16.8 Å². The summed E-state index contributed by atoms with van der Waals surface area (Å²) in [6, 6.07) is 14.9. The third kappa shape index (κ3) is 4.32. The number of piperazine rings is 1. The number of rotatable bonds is 5. The predicted molar refractivity (Wildman–Crippen MR) is 132 cm³/mol. The van der Waals surface area contributed by atoms with Crippen LogP contribution in [0, 0.1) is 5.82 Å².